The molecular weight excluding hydrogens is 246 g/mol. The Bertz CT molecular complexity index is 440. The summed E-state index contributed by atoms with van der Waals surface area (Å²) in [5, 5.41) is 18.7. The van der Waals surface area contributed by atoms with Crippen LogP contribution in [0.1, 0.15) is 42.6 Å². The summed E-state index contributed by atoms with van der Waals surface area (Å²) in [6.45, 7) is 8.19. The fraction of sp³-hybridized carbons (Fsp3) is 0.692. The van der Waals surface area contributed by atoms with Crippen LogP contribution in [0.3, 0.4) is 0 Å². The fourth-order valence-corrected chi connectivity index (χ4v) is 1.66. The number of aliphatic hydroxyl groups is 1. The van der Waals surface area contributed by atoms with E-state index in [1.54, 1.807) is 6.92 Å². The predicted molar refractivity (Wildman–Crippen MR) is 71.8 cm³/mol. The van der Waals surface area contributed by atoms with Crippen LogP contribution in [0.5, 0.6) is 0 Å². The van der Waals surface area contributed by atoms with Gasteiger partial charge in [0.05, 0.1) is 0 Å². The van der Waals surface area contributed by atoms with Crippen molar-refractivity contribution < 1.29 is 14.4 Å². The molecule has 0 saturated heterocycles. The third-order valence-corrected chi connectivity index (χ3v) is 3.69. The predicted octanol–water partition coefficient (Wildman–Crippen LogP) is 0.839. The Kier molecular flexibility index (Phi) is 5.08. The van der Waals surface area contributed by atoms with E-state index >= 15 is 0 Å². The zero-order chi connectivity index (χ0) is 14.6. The largest absolute Gasteiger partial charge is 0.388 e. The van der Waals surface area contributed by atoms with Gasteiger partial charge in [-0.25, -0.2) is 0 Å². The molecule has 1 heterocycles. The van der Waals surface area contributed by atoms with Gasteiger partial charge < -0.3 is 20.3 Å². The number of rotatable bonds is 6. The highest BCUT2D eigenvalue weighted by Crippen LogP contribution is 2.19. The van der Waals surface area contributed by atoms with Gasteiger partial charge >= 0.3 is 0 Å². The Morgan fingerprint density at radius 3 is 2.63 bits per heavy atom. The lowest BCUT2D eigenvalue weighted by Gasteiger charge is -2.31. The van der Waals surface area contributed by atoms with E-state index in [4.69, 9.17) is 9.63 Å². The van der Waals surface area contributed by atoms with E-state index in [9.17, 15) is 4.79 Å². The molecule has 1 amide bonds. The monoisotopic (exact) mass is 269 g/mol. The second-order valence-electron chi connectivity index (χ2n) is 5.42. The van der Waals surface area contributed by atoms with Crippen LogP contribution in [-0.2, 0) is 6.61 Å². The molecule has 1 unspecified atom stereocenters. The maximum Gasteiger partial charge on any atom is 0.273 e. The normalized spacial score (nSPS) is 13.4. The Morgan fingerprint density at radius 2 is 2.16 bits per heavy atom. The zero-order valence-corrected chi connectivity index (χ0v) is 12.2. The van der Waals surface area contributed by atoms with Crippen LogP contribution in [0.2, 0.25) is 0 Å². The zero-order valence-electron chi connectivity index (χ0n) is 12.2. The van der Waals surface area contributed by atoms with Crippen molar-refractivity contribution >= 4 is 5.91 Å². The number of aromatic nitrogens is 1. The third-order valence-electron chi connectivity index (χ3n) is 3.69. The van der Waals surface area contributed by atoms with Crippen LogP contribution in [0.15, 0.2) is 4.52 Å². The maximum absolute atomic E-state index is 12.0. The van der Waals surface area contributed by atoms with E-state index < -0.39 is 0 Å². The smallest absolute Gasteiger partial charge is 0.273 e. The molecule has 0 fully saturated rings. The summed E-state index contributed by atoms with van der Waals surface area (Å²) in [7, 11) is 1.89. The molecular formula is C13H23N3O3. The van der Waals surface area contributed by atoms with Crippen molar-refractivity contribution in [3.8, 4) is 0 Å². The molecule has 0 saturated carbocycles. The maximum atomic E-state index is 12.0. The van der Waals surface area contributed by atoms with Crippen molar-refractivity contribution in [1.29, 1.82) is 0 Å². The number of carbonyl (C=O) groups excluding carboxylic acids is 1. The first-order chi connectivity index (χ1) is 8.83. The van der Waals surface area contributed by atoms with Crippen molar-refractivity contribution in [3.05, 3.63) is 17.0 Å². The number of amides is 1. The van der Waals surface area contributed by atoms with Gasteiger partial charge in [-0.1, -0.05) is 19.0 Å². The number of carbonyl (C=O) groups is 1. The van der Waals surface area contributed by atoms with E-state index in [1.165, 1.54) is 0 Å². The molecule has 6 heteroatoms. The fourth-order valence-electron chi connectivity index (χ4n) is 1.66. The Morgan fingerprint density at radius 1 is 1.53 bits per heavy atom. The van der Waals surface area contributed by atoms with Gasteiger partial charge in [0.15, 0.2) is 11.5 Å². The summed E-state index contributed by atoms with van der Waals surface area (Å²) < 4.78 is 4.89. The first-order valence-electron chi connectivity index (χ1n) is 6.35. The molecule has 19 heavy (non-hydrogen) atoms. The SMILES string of the molecule is CNC(C)C(C)(C)CNC(=O)c1noc(CO)c1C. The summed E-state index contributed by atoms with van der Waals surface area (Å²) in [4.78, 5) is 12.0. The van der Waals surface area contributed by atoms with Crippen LogP contribution in [-0.4, -0.2) is 35.8 Å². The lowest BCUT2D eigenvalue weighted by molar-refractivity contribution is 0.0919. The molecule has 1 aromatic rings. The van der Waals surface area contributed by atoms with Gasteiger partial charge in [-0.3, -0.25) is 4.79 Å². The summed E-state index contributed by atoms with van der Waals surface area (Å²) >= 11 is 0. The van der Waals surface area contributed by atoms with E-state index in [2.05, 4.69) is 36.6 Å². The van der Waals surface area contributed by atoms with Gasteiger partial charge in [0.25, 0.3) is 5.91 Å². The minimum atomic E-state index is -0.280. The Labute approximate surface area is 113 Å². The second kappa shape index (κ2) is 6.16. The molecule has 0 bridgehead atoms. The van der Waals surface area contributed by atoms with Gasteiger partial charge in [-0.2, -0.15) is 0 Å². The van der Waals surface area contributed by atoms with Crippen LogP contribution in [0.25, 0.3) is 0 Å². The van der Waals surface area contributed by atoms with E-state index in [1.807, 2.05) is 7.05 Å². The van der Waals surface area contributed by atoms with Crippen LogP contribution < -0.4 is 10.6 Å². The lowest BCUT2D eigenvalue weighted by atomic mass is 9.85. The van der Waals surface area contributed by atoms with E-state index in [0.717, 1.165) is 0 Å². The van der Waals surface area contributed by atoms with Crippen LogP contribution in [0.4, 0.5) is 0 Å². The number of hydrogen-bond acceptors (Lipinski definition) is 5. The molecule has 1 atom stereocenters. The highest BCUT2D eigenvalue weighted by molar-refractivity contribution is 5.93. The van der Waals surface area contributed by atoms with Gasteiger partial charge in [-0.05, 0) is 26.3 Å². The highest BCUT2D eigenvalue weighted by Gasteiger charge is 2.26. The lowest BCUT2D eigenvalue weighted by Crippen LogP contribution is -2.45. The number of hydrogen-bond donors (Lipinski definition) is 3. The van der Waals surface area contributed by atoms with Crippen molar-refractivity contribution in [1.82, 2.24) is 15.8 Å². The summed E-state index contributed by atoms with van der Waals surface area (Å²) in [6.07, 6.45) is 0. The van der Waals surface area contributed by atoms with Crippen LogP contribution in [0, 0.1) is 12.3 Å². The van der Waals surface area contributed by atoms with Crippen molar-refractivity contribution in [2.75, 3.05) is 13.6 Å². The highest BCUT2D eigenvalue weighted by atomic mass is 16.5. The van der Waals surface area contributed by atoms with Gasteiger partial charge in [-0.15, -0.1) is 0 Å². The van der Waals surface area contributed by atoms with Gasteiger partial charge in [0.2, 0.25) is 0 Å². The number of aliphatic hydroxyl groups excluding tert-OH is 1. The van der Waals surface area contributed by atoms with E-state index in [-0.39, 0.29) is 29.7 Å². The summed E-state index contributed by atoms with van der Waals surface area (Å²) in [5.41, 5.74) is 0.735. The topological polar surface area (TPSA) is 87.4 Å². The van der Waals surface area contributed by atoms with Gasteiger partial charge in [0.1, 0.15) is 6.61 Å². The molecule has 3 N–H and O–H groups in total. The average molecular weight is 269 g/mol. The van der Waals surface area contributed by atoms with Crippen LogP contribution >= 0.6 is 0 Å². The van der Waals surface area contributed by atoms with E-state index in [0.29, 0.717) is 17.9 Å². The standard InChI is InChI=1S/C13H23N3O3/c1-8-10(6-17)19-16-11(8)12(18)15-7-13(3,4)9(2)14-5/h9,14,17H,6-7H2,1-5H3,(H,15,18). The minimum Gasteiger partial charge on any atom is -0.388 e. The first kappa shape index (κ1) is 15.7. The molecule has 0 aliphatic rings. The molecule has 0 aliphatic heterocycles. The molecule has 1 aromatic heterocycles. The Hall–Kier alpha value is -1.40. The van der Waals surface area contributed by atoms with Gasteiger partial charge in [0, 0.05) is 18.2 Å². The third kappa shape index (κ3) is 3.54. The van der Waals surface area contributed by atoms with Crippen molar-refractivity contribution in [2.24, 2.45) is 5.41 Å². The molecule has 0 aromatic carbocycles. The quantitative estimate of drug-likeness (QED) is 0.712. The second-order valence-corrected chi connectivity index (χ2v) is 5.42. The van der Waals surface area contributed by atoms with Crippen molar-refractivity contribution in [2.45, 2.75) is 40.3 Å². The molecule has 1 rings (SSSR count). The summed E-state index contributed by atoms with van der Waals surface area (Å²) in [5.74, 6) is 0.0466. The first-order valence-corrected chi connectivity index (χ1v) is 6.35. The minimum absolute atomic E-state index is 0.0815. The summed E-state index contributed by atoms with van der Waals surface area (Å²) in [6, 6.07) is 0.263. The average Bonchev–Trinajstić information content (AvgIpc) is 2.76. The number of nitrogens with one attached hydrogen (secondary N) is 2. The molecule has 6 nitrogen and oxygen atoms in total. The molecule has 0 radical (unpaired) electrons. The van der Waals surface area contributed by atoms with Crippen molar-refractivity contribution in [3.63, 3.8) is 0 Å². The molecule has 0 aliphatic carbocycles. The molecule has 0 spiro atoms. The number of nitrogens with zero attached hydrogens (tertiary/aromatic N) is 1. The Balaban J connectivity index is 2.68. The molecule has 108 valence electrons.